The second-order valence-corrected chi connectivity index (χ2v) is 4.49. The zero-order valence-electron chi connectivity index (χ0n) is 10.9. The van der Waals surface area contributed by atoms with Crippen LogP contribution < -0.4 is 4.90 Å². The highest BCUT2D eigenvalue weighted by molar-refractivity contribution is 6.04. The molecule has 0 aliphatic rings. The highest BCUT2D eigenvalue weighted by Crippen LogP contribution is 2.29. The molecule has 2 N–H and O–H groups in total. The van der Waals surface area contributed by atoms with Crippen LogP contribution in [-0.4, -0.2) is 40.9 Å². The van der Waals surface area contributed by atoms with Crippen LogP contribution >= 0.6 is 0 Å². The van der Waals surface area contributed by atoms with Crippen molar-refractivity contribution in [3.63, 3.8) is 0 Å². The van der Waals surface area contributed by atoms with Crippen molar-refractivity contribution in [3.05, 3.63) is 36.0 Å². The van der Waals surface area contributed by atoms with E-state index in [-0.39, 0.29) is 18.2 Å². The second-order valence-electron chi connectivity index (χ2n) is 4.49. The zero-order chi connectivity index (χ0) is 14.0. The molecule has 0 aliphatic heterocycles. The minimum atomic E-state index is -1.02. The molecule has 100 valence electrons. The molecular formula is C14H16N2O3. The standard InChI is InChI=1S/C14H16N2O3/c1-9(8-17)16(2)13-10-5-3-4-6-12(10)15-7-11(13)14(18)19/h3-7,9,17H,8H2,1-2H3,(H,18,19). The molecule has 2 rings (SSSR count). The van der Waals surface area contributed by atoms with E-state index in [0.29, 0.717) is 5.69 Å². The summed E-state index contributed by atoms with van der Waals surface area (Å²) in [6.07, 6.45) is 1.36. The molecule has 0 aliphatic carbocycles. The number of aliphatic hydroxyl groups is 1. The molecule has 1 aromatic heterocycles. The van der Waals surface area contributed by atoms with Gasteiger partial charge in [0.1, 0.15) is 5.56 Å². The number of benzene rings is 1. The first-order valence-electron chi connectivity index (χ1n) is 6.01. The number of fused-ring (bicyclic) bond motifs is 1. The zero-order valence-corrected chi connectivity index (χ0v) is 10.9. The van der Waals surface area contributed by atoms with Crippen molar-refractivity contribution in [3.8, 4) is 0 Å². The van der Waals surface area contributed by atoms with Gasteiger partial charge in [-0.25, -0.2) is 4.79 Å². The first kappa shape index (κ1) is 13.3. The molecule has 0 radical (unpaired) electrons. The predicted octanol–water partition coefficient (Wildman–Crippen LogP) is 1.75. The van der Waals surface area contributed by atoms with Crippen molar-refractivity contribution in [1.82, 2.24) is 4.98 Å². The predicted molar refractivity (Wildman–Crippen MR) is 73.7 cm³/mol. The number of aromatic nitrogens is 1. The van der Waals surface area contributed by atoms with E-state index in [9.17, 15) is 15.0 Å². The van der Waals surface area contributed by atoms with Gasteiger partial charge < -0.3 is 15.1 Å². The van der Waals surface area contributed by atoms with Crippen molar-refractivity contribution in [2.75, 3.05) is 18.6 Å². The molecule has 2 aromatic rings. The van der Waals surface area contributed by atoms with E-state index in [1.54, 1.807) is 11.9 Å². The third kappa shape index (κ3) is 2.37. The summed E-state index contributed by atoms with van der Waals surface area (Å²) in [6.45, 7) is 1.78. The van der Waals surface area contributed by atoms with Crippen molar-refractivity contribution in [1.29, 1.82) is 0 Å². The summed E-state index contributed by atoms with van der Waals surface area (Å²) < 4.78 is 0. The SMILES string of the molecule is CC(CO)N(C)c1c(C(=O)O)cnc2ccccc12. The molecule has 0 fully saturated rings. The Morgan fingerprint density at radius 1 is 1.42 bits per heavy atom. The van der Waals surface area contributed by atoms with E-state index in [2.05, 4.69) is 4.98 Å². The lowest BCUT2D eigenvalue weighted by Gasteiger charge is -2.27. The number of para-hydroxylation sites is 1. The number of carboxylic acids is 1. The fourth-order valence-electron chi connectivity index (χ4n) is 2.01. The van der Waals surface area contributed by atoms with Gasteiger partial charge in [0.25, 0.3) is 0 Å². The number of aromatic carboxylic acids is 1. The Labute approximate surface area is 111 Å². The summed E-state index contributed by atoms with van der Waals surface area (Å²) in [4.78, 5) is 17.3. The Balaban J connectivity index is 2.72. The molecule has 5 nitrogen and oxygen atoms in total. The highest BCUT2D eigenvalue weighted by atomic mass is 16.4. The van der Waals surface area contributed by atoms with E-state index >= 15 is 0 Å². The summed E-state index contributed by atoms with van der Waals surface area (Å²) in [5, 5.41) is 19.3. The molecule has 19 heavy (non-hydrogen) atoms. The lowest BCUT2D eigenvalue weighted by Crippen LogP contribution is -2.33. The van der Waals surface area contributed by atoms with Crippen LogP contribution in [-0.2, 0) is 0 Å². The quantitative estimate of drug-likeness (QED) is 0.876. The lowest BCUT2D eigenvalue weighted by atomic mass is 10.1. The molecule has 0 amide bonds. The van der Waals surface area contributed by atoms with Gasteiger partial charge in [0.15, 0.2) is 0 Å². The van der Waals surface area contributed by atoms with Gasteiger partial charge in [-0.05, 0) is 13.0 Å². The Morgan fingerprint density at radius 2 is 2.11 bits per heavy atom. The summed E-state index contributed by atoms with van der Waals surface area (Å²) in [6, 6.07) is 7.20. The van der Waals surface area contributed by atoms with Gasteiger partial charge in [-0.1, -0.05) is 18.2 Å². The Bertz CT molecular complexity index is 613. The largest absolute Gasteiger partial charge is 0.478 e. The number of rotatable bonds is 4. The van der Waals surface area contributed by atoms with E-state index in [4.69, 9.17) is 0 Å². The molecule has 0 spiro atoms. The molecule has 0 saturated heterocycles. The number of hydrogen-bond donors (Lipinski definition) is 2. The van der Waals surface area contributed by atoms with Gasteiger partial charge in [0.2, 0.25) is 0 Å². The lowest BCUT2D eigenvalue weighted by molar-refractivity contribution is 0.0697. The molecule has 0 saturated carbocycles. The van der Waals surface area contributed by atoms with Crippen LogP contribution in [0.5, 0.6) is 0 Å². The molecule has 1 atom stereocenters. The number of anilines is 1. The number of hydrogen-bond acceptors (Lipinski definition) is 4. The number of aliphatic hydroxyl groups excluding tert-OH is 1. The number of carbonyl (C=O) groups is 1. The summed E-state index contributed by atoms with van der Waals surface area (Å²) in [7, 11) is 1.77. The normalized spacial score (nSPS) is 12.4. The van der Waals surface area contributed by atoms with Crippen LogP contribution in [0.4, 0.5) is 5.69 Å². The van der Waals surface area contributed by atoms with Crippen LogP contribution in [0.25, 0.3) is 10.9 Å². The number of pyridine rings is 1. The maximum absolute atomic E-state index is 11.4. The van der Waals surface area contributed by atoms with E-state index in [1.165, 1.54) is 6.20 Å². The van der Waals surface area contributed by atoms with Crippen molar-refractivity contribution < 1.29 is 15.0 Å². The number of carboxylic acid groups (broad SMARTS) is 1. The monoisotopic (exact) mass is 260 g/mol. The summed E-state index contributed by atoms with van der Waals surface area (Å²) in [5.74, 6) is -1.02. The van der Waals surface area contributed by atoms with Gasteiger partial charge in [-0.3, -0.25) is 4.98 Å². The third-order valence-corrected chi connectivity index (χ3v) is 3.26. The fourth-order valence-corrected chi connectivity index (χ4v) is 2.01. The van der Waals surface area contributed by atoms with Crippen molar-refractivity contribution in [2.24, 2.45) is 0 Å². The fraction of sp³-hybridized carbons (Fsp3) is 0.286. The average molecular weight is 260 g/mol. The van der Waals surface area contributed by atoms with Crippen LogP contribution in [0.15, 0.2) is 30.5 Å². The maximum atomic E-state index is 11.4. The number of likely N-dealkylation sites (N-methyl/N-ethyl adjacent to an activating group) is 1. The van der Waals surface area contributed by atoms with Crippen LogP contribution in [0.3, 0.4) is 0 Å². The van der Waals surface area contributed by atoms with Gasteiger partial charge in [0, 0.05) is 24.7 Å². The molecule has 1 heterocycles. The van der Waals surface area contributed by atoms with Crippen LogP contribution in [0.1, 0.15) is 17.3 Å². The van der Waals surface area contributed by atoms with Gasteiger partial charge in [-0.15, -0.1) is 0 Å². The topological polar surface area (TPSA) is 73.7 Å². The Morgan fingerprint density at radius 3 is 2.74 bits per heavy atom. The third-order valence-electron chi connectivity index (χ3n) is 3.26. The Kier molecular flexibility index (Phi) is 3.66. The first-order valence-corrected chi connectivity index (χ1v) is 6.01. The first-order chi connectivity index (χ1) is 9.06. The van der Waals surface area contributed by atoms with Gasteiger partial charge in [-0.2, -0.15) is 0 Å². The van der Waals surface area contributed by atoms with E-state index in [0.717, 1.165) is 10.9 Å². The maximum Gasteiger partial charge on any atom is 0.339 e. The number of nitrogens with zero attached hydrogens (tertiary/aromatic N) is 2. The molecule has 0 bridgehead atoms. The van der Waals surface area contributed by atoms with E-state index in [1.807, 2.05) is 31.2 Å². The van der Waals surface area contributed by atoms with Crippen molar-refractivity contribution >= 4 is 22.6 Å². The molecule has 1 unspecified atom stereocenters. The summed E-state index contributed by atoms with van der Waals surface area (Å²) >= 11 is 0. The van der Waals surface area contributed by atoms with Crippen LogP contribution in [0.2, 0.25) is 0 Å². The van der Waals surface area contributed by atoms with Crippen molar-refractivity contribution in [2.45, 2.75) is 13.0 Å². The molecule has 1 aromatic carbocycles. The van der Waals surface area contributed by atoms with Crippen LogP contribution in [0, 0.1) is 0 Å². The van der Waals surface area contributed by atoms with E-state index < -0.39 is 5.97 Å². The smallest absolute Gasteiger partial charge is 0.339 e. The second kappa shape index (κ2) is 5.24. The minimum absolute atomic E-state index is 0.0494. The van der Waals surface area contributed by atoms with Gasteiger partial charge >= 0.3 is 5.97 Å². The minimum Gasteiger partial charge on any atom is -0.478 e. The summed E-state index contributed by atoms with van der Waals surface area (Å²) in [5.41, 5.74) is 1.46. The Hall–Kier alpha value is -2.14. The molecule has 5 heteroatoms. The molecular weight excluding hydrogens is 244 g/mol. The highest BCUT2D eigenvalue weighted by Gasteiger charge is 2.20. The average Bonchev–Trinajstić information content (AvgIpc) is 2.44. The van der Waals surface area contributed by atoms with Gasteiger partial charge in [0.05, 0.1) is 17.8 Å².